The molecule has 1 radical (unpaired) electrons. The number of benzene rings is 1. The van der Waals surface area contributed by atoms with Crippen LogP contribution in [0.4, 0.5) is 0 Å². The minimum Gasteiger partial charge on any atom is -0.396 e. The van der Waals surface area contributed by atoms with E-state index in [4.69, 9.17) is 5.11 Å². The average Bonchev–Trinajstić information content (AvgIpc) is 2.30. The van der Waals surface area contributed by atoms with E-state index in [-0.39, 0.29) is 12.8 Å². The molecule has 0 bridgehead atoms. The van der Waals surface area contributed by atoms with E-state index in [9.17, 15) is 5.11 Å². The molecule has 0 aliphatic rings. The normalized spacial score (nSPS) is 11.3. The number of aliphatic hydroxyl groups excluding tert-OH is 2. The molecule has 16 heavy (non-hydrogen) atoms. The van der Waals surface area contributed by atoms with E-state index in [0.29, 0.717) is 13.0 Å². The quantitative estimate of drug-likeness (QED) is 0.743. The molecule has 0 fully saturated rings. The summed E-state index contributed by atoms with van der Waals surface area (Å²) in [5.41, 5.74) is 1.17. The highest BCUT2D eigenvalue weighted by Crippen LogP contribution is 2.14. The van der Waals surface area contributed by atoms with Gasteiger partial charge in [0.15, 0.2) is 6.23 Å². The van der Waals surface area contributed by atoms with Crippen LogP contribution in [0.25, 0.3) is 0 Å². The molecule has 2 N–H and O–H groups in total. The number of hydrogen-bond donors (Lipinski definition) is 2. The lowest BCUT2D eigenvalue weighted by atomic mass is 10.2. The number of aliphatic hydroxyl groups is 2. The van der Waals surface area contributed by atoms with Gasteiger partial charge in [0.2, 0.25) is 0 Å². The Labute approximate surface area is 97.3 Å². The first-order valence-electron chi connectivity index (χ1n) is 5.72. The third-order valence-corrected chi connectivity index (χ3v) is 2.41. The van der Waals surface area contributed by atoms with Crippen molar-refractivity contribution in [3.8, 4) is 0 Å². The summed E-state index contributed by atoms with van der Waals surface area (Å²) < 4.78 is 0. The lowest BCUT2D eigenvalue weighted by molar-refractivity contribution is 0.0805. The topological polar surface area (TPSA) is 43.7 Å². The van der Waals surface area contributed by atoms with Crippen LogP contribution in [0, 0.1) is 6.23 Å². The molecule has 0 saturated carbocycles. The Morgan fingerprint density at radius 2 is 1.94 bits per heavy atom. The van der Waals surface area contributed by atoms with Crippen molar-refractivity contribution in [2.24, 2.45) is 0 Å². The van der Waals surface area contributed by atoms with Gasteiger partial charge in [0.05, 0.1) is 0 Å². The fourth-order valence-electron chi connectivity index (χ4n) is 1.63. The van der Waals surface area contributed by atoms with Gasteiger partial charge in [-0.1, -0.05) is 37.3 Å². The third-order valence-electron chi connectivity index (χ3n) is 2.41. The maximum Gasteiger partial charge on any atom is 0.163 e. The largest absolute Gasteiger partial charge is 0.396 e. The summed E-state index contributed by atoms with van der Waals surface area (Å²) in [5.74, 6) is 0. The van der Waals surface area contributed by atoms with Crippen molar-refractivity contribution in [2.45, 2.75) is 26.3 Å². The smallest absolute Gasteiger partial charge is 0.163 e. The number of nitrogens with zero attached hydrogens (tertiary/aromatic N) is 1. The maximum atomic E-state index is 9.78. The molecule has 0 atom stereocenters. The van der Waals surface area contributed by atoms with Crippen LogP contribution in [-0.4, -0.2) is 28.3 Å². The van der Waals surface area contributed by atoms with E-state index in [0.717, 1.165) is 13.0 Å². The molecule has 0 aliphatic heterocycles. The van der Waals surface area contributed by atoms with Crippen molar-refractivity contribution < 1.29 is 10.2 Å². The molecule has 0 saturated heterocycles. The summed E-state index contributed by atoms with van der Waals surface area (Å²) in [6.45, 7) is 3.56. The average molecular weight is 222 g/mol. The van der Waals surface area contributed by atoms with Gasteiger partial charge in [-0.25, -0.2) is 0 Å². The summed E-state index contributed by atoms with van der Waals surface area (Å²) in [6, 6.07) is 10.0. The second kappa shape index (κ2) is 7.39. The van der Waals surface area contributed by atoms with Gasteiger partial charge in [-0.3, -0.25) is 4.90 Å². The number of rotatable bonds is 7. The maximum absolute atomic E-state index is 9.78. The second-order valence-electron chi connectivity index (χ2n) is 3.80. The second-order valence-corrected chi connectivity index (χ2v) is 3.80. The monoisotopic (exact) mass is 222 g/mol. The summed E-state index contributed by atoms with van der Waals surface area (Å²) in [7, 11) is 0. The number of hydrogen-bond acceptors (Lipinski definition) is 3. The molecule has 0 aliphatic carbocycles. The molecule has 1 rings (SSSR count). The van der Waals surface area contributed by atoms with Gasteiger partial charge in [0.1, 0.15) is 0 Å². The van der Waals surface area contributed by atoms with Crippen molar-refractivity contribution in [1.29, 1.82) is 0 Å². The van der Waals surface area contributed by atoms with E-state index in [1.54, 1.807) is 0 Å². The van der Waals surface area contributed by atoms with Gasteiger partial charge < -0.3 is 10.2 Å². The predicted octanol–water partition coefficient (Wildman–Crippen LogP) is 2.14. The van der Waals surface area contributed by atoms with E-state index < -0.39 is 0 Å². The molecule has 3 nitrogen and oxygen atoms in total. The first-order chi connectivity index (χ1) is 7.77. The van der Waals surface area contributed by atoms with Crippen molar-refractivity contribution >= 4 is 0 Å². The van der Waals surface area contributed by atoms with Gasteiger partial charge in [0, 0.05) is 26.1 Å². The fraction of sp³-hybridized carbons (Fsp3) is 0.462. The van der Waals surface area contributed by atoms with Gasteiger partial charge in [-0.2, -0.15) is 0 Å². The Morgan fingerprint density at radius 3 is 2.50 bits per heavy atom. The van der Waals surface area contributed by atoms with Crippen LogP contribution in [0.2, 0.25) is 0 Å². The molecule has 3 heteroatoms. The Hall–Kier alpha value is -0.900. The van der Waals surface area contributed by atoms with Crippen molar-refractivity contribution in [1.82, 2.24) is 4.90 Å². The van der Waals surface area contributed by atoms with Gasteiger partial charge in [0.25, 0.3) is 0 Å². The molecule has 89 valence electrons. The minimum atomic E-state index is -0.0131. The molecule has 1 aromatic carbocycles. The lowest BCUT2D eigenvalue weighted by Crippen LogP contribution is -2.29. The zero-order valence-electron chi connectivity index (χ0n) is 9.76. The molecular formula is C13H20NO2. The molecule has 1 aromatic rings. The van der Waals surface area contributed by atoms with Crippen LogP contribution in [0.5, 0.6) is 0 Å². The highest BCUT2D eigenvalue weighted by atomic mass is 16.3. The Bertz CT molecular complexity index is 277. The van der Waals surface area contributed by atoms with Crippen LogP contribution in [0.15, 0.2) is 30.3 Å². The van der Waals surface area contributed by atoms with Crippen LogP contribution in [0.3, 0.4) is 0 Å². The highest BCUT2D eigenvalue weighted by molar-refractivity contribution is 5.14. The van der Waals surface area contributed by atoms with Crippen LogP contribution in [-0.2, 0) is 6.54 Å². The zero-order chi connectivity index (χ0) is 11.8. The Morgan fingerprint density at radius 1 is 1.25 bits per heavy atom. The van der Waals surface area contributed by atoms with Crippen LogP contribution in [0.1, 0.15) is 25.3 Å². The van der Waals surface area contributed by atoms with Crippen LogP contribution >= 0.6 is 0 Å². The van der Waals surface area contributed by atoms with Gasteiger partial charge in [-0.05, 0) is 12.0 Å². The first kappa shape index (κ1) is 13.2. The summed E-state index contributed by atoms with van der Waals surface area (Å²) in [4.78, 5) is 1.91. The van der Waals surface area contributed by atoms with Crippen molar-refractivity contribution in [3.63, 3.8) is 0 Å². The SMILES string of the molecule is CCCN(Cc1ccccc1)[C](O)CCO. The van der Waals surface area contributed by atoms with Crippen LogP contribution < -0.4 is 0 Å². The summed E-state index contributed by atoms with van der Waals surface area (Å²) in [5, 5.41) is 18.6. The minimum absolute atomic E-state index is 0.0131. The molecule has 0 heterocycles. The van der Waals surface area contributed by atoms with E-state index >= 15 is 0 Å². The van der Waals surface area contributed by atoms with Gasteiger partial charge in [-0.15, -0.1) is 0 Å². The zero-order valence-corrected chi connectivity index (χ0v) is 9.76. The predicted molar refractivity (Wildman–Crippen MR) is 64.0 cm³/mol. The van der Waals surface area contributed by atoms with E-state index in [2.05, 4.69) is 6.92 Å². The summed E-state index contributed by atoms with van der Waals surface area (Å²) >= 11 is 0. The Balaban J connectivity index is 2.57. The third kappa shape index (κ3) is 4.31. The molecule has 0 aromatic heterocycles. The highest BCUT2D eigenvalue weighted by Gasteiger charge is 2.15. The standard InChI is InChI=1S/C13H20NO2/c1-2-9-14(13(16)8-10-15)11-12-6-4-3-5-7-12/h3-7,15-16H,2,8-11H2,1H3. The molecular weight excluding hydrogens is 202 g/mol. The van der Waals surface area contributed by atoms with E-state index in [1.807, 2.05) is 35.2 Å². The van der Waals surface area contributed by atoms with Crippen molar-refractivity contribution in [2.75, 3.05) is 13.2 Å². The molecule has 0 amide bonds. The van der Waals surface area contributed by atoms with Gasteiger partial charge >= 0.3 is 0 Å². The fourth-order valence-corrected chi connectivity index (χ4v) is 1.63. The van der Waals surface area contributed by atoms with Crippen molar-refractivity contribution in [3.05, 3.63) is 42.1 Å². The first-order valence-corrected chi connectivity index (χ1v) is 5.72. The molecule has 0 unspecified atom stereocenters. The Kier molecular flexibility index (Phi) is 6.08. The van der Waals surface area contributed by atoms with E-state index in [1.165, 1.54) is 5.56 Å². The lowest BCUT2D eigenvalue weighted by Gasteiger charge is -2.25. The summed E-state index contributed by atoms with van der Waals surface area (Å²) in [6.07, 6.45) is 1.57. The molecule has 0 spiro atoms.